The average Bonchev–Trinajstić information content (AvgIpc) is 3.44. The van der Waals surface area contributed by atoms with Gasteiger partial charge in [-0.25, -0.2) is 9.97 Å². The number of pyridine rings is 1. The molecule has 0 unspecified atom stereocenters. The third kappa shape index (κ3) is 3.58. The van der Waals surface area contributed by atoms with Gasteiger partial charge < -0.3 is 14.2 Å². The normalized spacial score (nSPS) is 14.4. The molecule has 0 N–H and O–H groups in total. The standard InChI is InChI=1S/C25H26N8O/c1-3-20-25-30-29-17(2)32(25)16-22(27-20)24-28-21-8-7-19(31-10-12-34-13-11-31)14-23(21)33(24)15-18-6-4-5-9-26-18/h4-9,14,16H,3,10-13,15H2,1-2H3. The van der Waals surface area contributed by atoms with Gasteiger partial charge in [0.2, 0.25) is 0 Å². The van der Waals surface area contributed by atoms with Crippen LogP contribution in [0.4, 0.5) is 5.69 Å². The van der Waals surface area contributed by atoms with Gasteiger partial charge in [0.1, 0.15) is 11.5 Å². The maximum Gasteiger partial charge on any atom is 0.182 e. The Morgan fingerprint density at radius 1 is 1.03 bits per heavy atom. The Kier molecular flexibility index (Phi) is 5.18. The van der Waals surface area contributed by atoms with Gasteiger partial charge in [-0.1, -0.05) is 13.0 Å². The lowest BCUT2D eigenvalue weighted by atomic mass is 10.2. The van der Waals surface area contributed by atoms with Gasteiger partial charge in [0, 0.05) is 31.2 Å². The Morgan fingerprint density at radius 3 is 2.71 bits per heavy atom. The van der Waals surface area contributed by atoms with Crippen molar-refractivity contribution in [3.63, 3.8) is 0 Å². The molecule has 1 fully saturated rings. The van der Waals surface area contributed by atoms with Crippen molar-refractivity contribution in [3.8, 4) is 11.5 Å². The average molecular weight is 455 g/mol. The molecule has 0 atom stereocenters. The van der Waals surface area contributed by atoms with E-state index in [2.05, 4.69) is 49.8 Å². The molecule has 172 valence electrons. The summed E-state index contributed by atoms with van der Waals surface area (Å²) >= 11 is 0. The van der Waals surface area contributed by atoms with Crippen LogP contribution in [0.15, 0.2) is 48.8 Å². The first-order chi connectivity index (χ1) is 16.7. The summed E-state index contributed by atoms with van der Waals surface area (Å²) in [6, 6.07) is 12.5. The first-order valence-corrected chi connectivity index (χ1v) is 11.7. The molecule has 6 rings (SSSR count). The molecule has 0 aliphatic carbocycles. The van der Waals surface area contributed by atoms with Crippen LogP contribution in [-0.4, -0.2) is 60.4 Å². The number of fused-ring (bicyclic) bond motifs is 2. The number of imidazole rings is 1. The van der Waals surface area contributed by atoms with Gasteiger partial charge in [-0.05, 0) is 43.7 Å². The Balaban J connectivity index is 1.55. The van der Waals surface area contributed by atoms with Gasteiger partial charge >= 0.3 is 0 Å². The highest BCUT2D eigenvalue weighted by Gasteiger charge is 2.20. The summed E-state index contributed by atoms with van der Waals surface area (Å²) in [5, 5.41) is 8.57. The van der Waals surface area contributed by atoms with Crippen molar-refractivity contribution in [3.05, 3.63) is 66.0 Å². The van der Waals surface area contributed by atoms with Crippen LogP contribution in [0.5, 0.6) is 0 Å². The minimum absolute atomic E-state index is 0.599. The molecule has 1 aliphatic rings. The summed E-state index contributed by atoms with van der Waals surface area (Å²) in [4.78, 5) is 16.9. The van der Waals surface area contributed by atoms with Gasteiger partial charge in [-0.2, -0.15) is 0 Å². The molecule has 0 spiro atoms. The van der Waals surface area contributed by atoms with E-state index >= 15 is 0 Å². The number of hydrogen-bond donors (Lipinski definition) is 0. The molecular weight excluding hydrogens is 428 g/mol. The zero-order valence-corrected chi connectivity index (χ0v) is 19.3. The third-order valence-electron chi connectivity index (χ3n) is 6.35. The number of hydrogen-bond acceptors (Lipinski definition) is 7. The minimum atomic E-state index is 0.599. The van der Waals surface area contributed by atoms with E-state index in [4.69, 9.17) is 14.7 Å². The van der Waals surface area contributed by atoms with Crippen molar-refractivity contribution < 1.29 is 4.74 Å². The largest absolute Gasteiger partial charge is 0.378 e. The van der Waals surface area contributed by atoms with Gasteiger partial charge in [-0.3, -0.25) is 9.38 Å². The smallest absolute Gasteiger partial charge is 0.182 e. The maximum absolute atomic E-state index is 5.54. The predicted molar refractivity (Wildman–Crippen MR) is 130 cm³/mol. The van der Waals surface area contributed by atoms with E-state index in [0.29, 0.717) is 6.54 Å². The van der Waals surface area contributed by atoms with Gasteiger partial charge in [0.25, 0.3) is 0 Å². The number of morpholine rings is 1. The first kappa shape index (κ1) is 20.7. The molecule has 0 amide bonds. The number of aromatic nitrogens is 7. The quantitative estimate of drug-likeness (QED) is 0.403. The fraction of sp³-hybridized carbons (Fsp3) is 0.320. The van der Waals surface area contributed by atoms with E-state index in [1.165, 1.54) is 5.69 Å². The minimum Gasteiger partial charge on any atom is -0.378 e. The van der Waals surface area contributed by atoms with Crippen LogP contribution in [0.3, 0.4) is 0 Å². The summed E-state index contributed by atoms with van der Waals surface area (Å²) in [6.45, 7) is 7.91. The first-order valence-electron chi connectivity index (χ1n) is 11.7. The van der Waals surface area contributed by atoms with Crippen molar-refractivity contribution in [2.24, 2.45) is 0 Å². The van der Waals surface area contributed by atoms with Gasteiger partial charge in [-0.15, -0.1) is 10.2 Å². The Bertz CT molecular complexity index is 1470. The molecule has 0 radical (unpaired) electrons. The summed E-state index contributed by atoms with van der Waals surface area (Å²) in [7, 11) is 0. The lowest BCUT2D eigenvalue weighted by molar-refractivity contribution is 0.122. The molecule has 1 aromatic carbocycles. The number of anilines is 1. The molecule has 9 heteroatoms. The summed E-state index contributed by atoms with van der Waals surface area (Å²) in [5.74, 6) is 1.64. The topological polar surface area (TPSA) is 86.3 Å². The number of benzene rings is 1. The second-order valence-corrected chi connectivity index (χ2v) is 8.48. The van der Waals surface area contributed by atoms with E-state index in [1.807, 2.05) is 41.9 Å². The van der Waals surface area contributed by atoms with E-state index in [9.17, 15) is 0 Å². The van der Waals surface area contributed by atoms with Gasteiger partial charge in [0.05, 0.1) is 42.2 Å². The Hall–Kier alpha value is -3.85. The van der Waals surface area contributed by atoms with E-state index < -0.39 is 0 Å². The van der Waals surface area contributed by atoms with Crippen LogP contribution in [0.1, 0.15) is 24.1 Å². The highest BCUT2D eigenvalue weighted by atomic mass is 16.5. The molecule has 1 saturated heterocycles. The molecule has 5 heterocycles. The molecule has 34 heavy (non-hydrogen) atoms. The lowest BCUT2D eigenvalue weighted by Crippen LogP contribution is -2.36. The number of ether oxygens (including phenoxy) is 1. The van der Waals surface area contributed by atoms with Gasteiger partial charge in [0.15, 0.2) is 11.5 Å². The van der Waals surface area contributed by atoms with E-state index in [0.717, 1.165) is 78.1 Å². The number of rotatable bonds is 5. The molecule has 4 aromatic heterocycles. The number of nitrogens with zero attached hydrogens (tertiary/aromatic N) is 8. The molecular formula is C25H26N8O. The Labute approximate surface area is 197 Å². The van der Waals surface area contributed by atoms with Crippen LogP contribution in [0.25, 0.3) is 28.2 Å². The molecule has 0 saturated carbocycles. The SMILES string of the molecule is CCc1nc(-c2nc3ccc(N4CCOCC4)cc3n2Cc2ccccn2)cn2c(C)nnc12. The highest BCUT2D eigenvalue weighted by Crippen LogP contribution is 2.29. The van der Waals surface area contributed by atoms with Crippen molar-refractivity contribution in [1.29, 1.82) is 0 Å². The Morgan fingerprint density at radius 2 is 1.91 bits per heavy atom. The zero-order chi connectivity index (χ0) is 23.1. The van der Waals surface area contributed by atoms with Crippen LogP contribution in [0.2, 0.25) is 0 Å². The monoisotopic (exact) mass is 454 g/mol. The lowest BCUT2D eigenvalue weighted by Gasteiger charge is -2.28. The fourth-order valence-corrected chi connectivity index (χ4v) is 4.55. The van der Waals surface area contributed by atoms with Crippen molar-refractivity contribution in [2.75, 3.05) is 31.2 Å². The van der Waals surface area contributed by atoms with E-state index in [1.54, 1.807) is 0 Å². The number of aryl methyl sites for hydroxylation is 2. The predicted octanol–water partition coefficient (Wildman–Crippen LogP) is 3.29. The maximum atomic E-state index is 5.54. The van der Waals surface area contributed by atoms with Crippen molar-refractivity contribution in [2.45, 2.75) is 26.8 Å². The fourth-order valence-electron chi connectivity index (χ4n) is 4.55. The molecule has 9 nitrogen and oxygen atoms in total. The van der Waals surface area contributed by atoms with Crippen LogP contribution in [0, 0.1) is 6.92 Å². The van der Waals surface area contributed by atoms with Crippen LogP contribution in [-0.2, 0) is 17.7 Å². The summed E-state index contributed by atoms with van der Waals surface area (Å²) < 4.78 is 9.77. The van der Waals surface area contributed by atoms with E-state index in [-0.39, 0.29) is 0 Å². The van der Waals surface area contributed by atoms with Crippen LogP contribution >= 0.6 is 0 Å². The third-order valence-corrected chi connectivity index (χ3v) is 6.35. The zero-order valence-electron chi connectivity index (χ0n) is 19.3. The second kappa shape index (κ2) is 8.49. The van der Waals surface area contributed by atoms with Crippen molar-refractivity contribution in [1.82, 2.24) is 34.1 Å². The summed E-state index contributed by atoms with van der Waals surface area (Å²) in [5.41, 5.74) is 6.64. The van der Waals surface area contributed by atoms with Crippen LogP contribution < -0.4 is 4.90 Å². The second-order valence-electron chi connectivity index (χ2n) is 8.48. The molecule has 1 aliphatic heterocycles. The summed E-state index contributed by atoms with van der Waals surface area (Å²) in [6.07, 6.45) is 4.58. The van der Waals surface area contributed by atoms with Crippen molar-refractivity contribution >= 4 is 22.4 Å². The molecule has 5 aromatic rings. The molecule has 0 bridgehead atoms. The highest BCUT2D eigenvalue weighted by molar-refractivity contribution is 5.84.